The van der Waals surface area contributed by atoms with Crippen molar-refractivity contribution < 1.29 is 0 Å². The second-order valence-corrected chi connectivity index (χ2v) is 7.44. The van der Waals surface area contributed by atoms with Gasteiger partial charge in [-0.05, 0) is 19.3 Å². The fourth-order valence-corrected chi connectivity index (χ4v) is 1.34. The molecule has 0 spiro atoms. The van der Waals surface area contributed by atoms with Crippen LogP contribution in [0.25, 0.3) is 0 Å². The first-order chi connectivity index (χ1) is 4.56. The van der Waals surface area contributed by atoms with Crippen LogP contribution in [0.3, 0.4) is 0 Å². The van der Waals surface area contributed by atoms with Crippen molar-refractivity contribution >= 4 is 33.4 Å². The predicted molar refractivity (Wildman–Crippen MR) is 53.0 cm³/mol. The van der Waals surface area contributed by atoms with Gasteiger partial charge in [0.25, 0.3) is 0 Å². The Labute approximate surface area is 76.0 Å². The van der Waals surface area contributed by atoms with Crippen LogP contribution >= 0.6 is 23.2 Å². The third kappa shape index (κ3) is 8.54. The largest absolute Gasteiger partial charge is 0.107 e. The molecule has 0 amide bonds. The van der Waals surface area contributed by atoms with Gasteiger partial charge in [-0.2, -0.15) is 0 Å². The zero-order chi connectivity index (χ0) is 8.04. The van der Waals surface area contributed by atoms with Crippen molar-refractivity contribution in [1.82, 2.24) is 0 Å². The number of hydrogen-bond donors (Lipinski definition) is 0. The van der Waals surface area contributed by atoms with Gasteiger partial charge in [0.2, 0.25) is 0 Å². The summed E-state index contributed by atoms with van der Waals surface area (Å²) in [6.07, 6.45) is 6.20. The molecule has 0 atom stereocenters. The van der Waals surface area contributed by atoms with E-state index in [2.05, 4.69) is 6.58 Å². The predicted octanol–water partition coefficient (Wildman–Crippen LogP) is 2.23. The molecule has 0 heterocycles. The van der Waals surface area contributed by atoms with Gasteiger partial charge in [-0.1, -0.05) is 12.5 Å². The summed E-state index contributed by atoms with van der Waals surface area (Å²) in [5.74, 6) is 0. The molecule has 0 nitrogen and oxygen atoms in total. The number of allylic oxidation sites excluding steroid dienone is 1. The minimum absolute atomic E-state index is 0.402. The summed E-state index contributed by atoms with van der Waals surface area (Å²) >= 11 is 11.6. The summed E-state index contributed by atoms with van der Waals surface area (Å²) in [7, 11) is 0.851. The molecule has 0 N–H and O–H groups in total. The van der Waals surface area contributed by atoms with Crippen molar-refractivity contribution in [1.29, 1.82) is 0 Å². The lowest BCUT2D eigenvalue weighted by molar-refractivity contribution is 0.699. The highest BCUT2D eigenvalue weighted by molar-refractivity contribution is 6.65. The highest BCUT2D eigenvalue weighted by Gasteiger charge is 2.14. The number of unbranched alkanes of at least 4 members (excludes halogenated alkanes) is 2. The summed E-state index contributed by atoms with van der Waals surface area (Å²) in [5, 5.41) is 0. The van der Waals surface area contributed by atoms with Gasteiger partial charge in [-0.15, -0.1) is 29.8 Å². The molecule has 0 unspecified atom stereocenters. The number of alkyl halides is 2. The summed E-state index contributed by atoms with van der Waals surface area (Å²) in [4.78, 5) is 0. The molecule has 0 bridgehead atoms. The minimum Gasteiger partial charge on any atom is -0.107 e. The van der Waals surface area contributed by atoms with Gasteiger partial charge in [0.15, 0.2) is 0 Å². The monoisotopic (exact) mass is 196 g/mol. The lowest BCUT2D eigenvalue weighted by Gasteiger charge is -2.11. The van der Waals surface area contributed by atoms with E-state index in [1.165, 1.54) is 0 Å². The molecule has 0 rings (SSSR count). The van der Waals surface area contributed by atoms with Crippen LogP contribution in [-0.4, -0.2) is 14.2 Å². The summed E-state index contributed by atoms with van der Waals surface area (Å²) in [6, 6.07) is 0. The van der Waals surface area contributed by atoms with E-state index in [1.54, 1.807) is 0 Å². The first kappa shape index (κ1) is 10.5. The van der Waals surface area contributed by atoms with Crippen molar-refractivity contribution in [3.05, 3.63) is 12.7 Å². The molecule has 0 aliphatic heterocycles. The molecular formula is C7H14Cl2Si. The lowest BCUT2D eigenvalue weighted by Crippen LogP contribution is -2.11. The average molecular weight is 197 g/mol. The number of hydrogen-bond acceptors (Lipinski definition) is 0. The molecule has 3 heteroatoms. The van der Waals surface area contributed by atoms with Crippen LogP contribution in [0, 0.1) is 0 Å². The number of rotatable bonds is 5. The summed E-state index contributed by atoms with van der Waals surface area (Å²) in [6.45, 7) is 3.64. The van der Waals surface area contributed by atoms with E-state index in [4.69, 9.17) is 23.2 Å². The quantitative estimate of drug-likeness (QED) is 0.274. The molecule has 0 aliphatic rings. The Kier molecular flexibility index (Phi) is 5.50. The first-order valence-electron chi connectivity index (χ1n) is 3.55. The van der Waals surface area contributed by atoms with Crippen molar-refractivity contribution in [2.24, 2.45) is 0 Å². The maximum atomic E-state index is 5.81. The van der Waals surface area contributed by atoms with Gasteiger partial charge in [-0.3, -0.25) is 0 Å². The Morgan fingerprint density at radius 2 is 2.00 bits per heavy atom. The molecule has 0 radical (unpaired) electrons. The van der Waals surface area contributed by atoms with Crippen molar-refractivity contribution in [2.45, 2.75) is 29.6 Å². The third-order valence-electron chi connectivity index (χ3n) is 1.27. The van der Waals surface area contributed by atoms with E-state index in [-0.39, 0.29) is 0 Å². The van der Waals surface area contributed by atoms with E-state index in [1.807, 2.05) is 6.08 Å². The Balaban J connectivity index is 3.12. The normalized spacial score (nSPS) is 11.8. The lowest BCUT2D eigenvalue weighted by atomic mass is 10.2. The fraction of sp³-hybridized carbons (Fsp3) is 0.714. The molecule has 0 saturated carbocycles. The summed E-state index contributed by atoms with van der Waals surface area (Å²) < 4.78 is -0.402. The van der Waals surface area contributed by atoms with E-state index in [9.17, 15) is 0 Å². The second kappa shape index (κ2) is 5.22. The van der Waals surface area contributed by atoms with Gasteiger partial charge >= 0.3 is 0 Å². The summed E-state index contributed by atoms with van der Waals surface area (Å²) in [5.41, 5.74) is 0. The second-order valence-electron chi connectivity index (χ2n) is 2.60. The smallest absolute Gasteiger partial charge is 0.0972 e. The van der Waals surface area contributed by atoms with Crippen LogP contribution in [0.15, 0.2) is 12.7 Å². The average Bonchev–Trinajstić information content (AvgIpc) is 1.78. The Morgan fingerprint density at radius 1 is 1.40 bits per heavy atom. The number of halogens is 2. The molecule has 0 fully saturated rings. The van der Waals surface area contributed by atoms with Crippen LogP contribution in [-0.2, 0) is 0 Å². The van der Waals surface area contributed by atoms with E-state index in [0.717, 1.165) is 35.9 Å². The minimum atomic E-state index is -0.402. The molecule has 0 aromatic carbocycles. The maximum Gasteiger partial charge on any atom is 0.0972 e. The van der Waals surface area contributed by atoms with Crippen molar-refractivity contribution in [3.8, 4) is 0 Å². The van der Waals surface area contributed by atoms with Gasteiger partial charge in [0.1, 0.15) is 0 Å². The van der Waals surface area contributed by atoms with Gasteiger partial charge in [0.05, 0.1) is 3.96 Å². The van der Waals surface area contributed by atoms with Crippen LogP contribution in [0.5, 0.6) is 0 Å². The maximum absolute atomic E-state index is 5.81. The van der Waals surface area contributed by atoms with Crippen LogP contribution in [0.2, 0.25) is 0 Å². The van der Waals surface area contributed by atoms with Crippen molar-refractivity contribution in [2.75, 3.05) is 0 Å². The standard InChI is InChI=1S/C7H14Cl2Si/c1-2-3-4-5-6-7(8,9)10/h2H,1,3-6H2,10H3. The molecule has 0 aliphatic carbocycles. The van der Waals surface area contributed by atoms with Gasteiger partial charge < -0.3 is 0 Å². The molecule has 0 aromatic rings. The van der Waals surface area contributed by atoms with Gasteiger partial charge in [0, 0.05) is 10.2 Å². The van der Waals surface area contributed by atoms with Gasteiger partial charge in [-0.25, -0.2) is 0 Å². The van der Waals surface area contributed by atoms with E-state index in [0.29, 0.717) is 0 Å². The molecule has 10 heavy (non-hydrogen) atoms. The highest BCUT2D eigenvalue weighted by Crippen LogP contribution is 2.23. The zero-order valence-electron chi connectivity index (χ0n) is 6.37. The Morgan fingerprint density at radius 3 is 2.40 bits per heavy atom. The molecular weight excluding hydrogens is 183 g/mol. The Bertz CT molecular complexity index is 96.3. The van der Waals surface area contributed by atoms with E-state index >= 15 is 0 Å². The highest BCUT2D eigenvalue weighted by atomic mass is 35.5. The van der Waals surface area contributed by atoms with Crippen LogP contribution < -0.4 is 0 Å². The zero-order valence-corrected chi connectivity index (χ0v) is 9.88. The van der Waals surface area contributed by atoms with Crippen molar-refractivity contribution in [3.63, 3.8) is 0 Å². The van der Waals surface area contributed by atoms with E-state index < -0.39 is 3.96 Å². The molecule has 0 saturated heterocycles. The first-order valence-corrected chi connectivity index (χ1v) is 5.30. The topological polar surface area (TPSA) is 0 Å². The van der Waals surface area contributed by atoms with Crippen LogP contribution in [0.4, 0.5) is 0 Å². The molecule has 0 aromatic heterocycles. The third-order valence-corrected chi connectivity index (χ3v) is 2.15. The SMILES string of the molecule is C=CCCCCC([SiH3])(Cl)Cl. The fourth-order valence-electron chi connectivity index (χ4n) is 0.724. The Hall–Kier alpha value is 0.537. The molecule has 60 valence electrons. The van der Waals surface area contributed by atoms with Crippen LogP contribution in [0.1, 0.15) is 25.7 Å².